The van der Waals surface area contributed by atoms with Crippen molar-refractivity contribution < 1.29 is 18.7 Å². The van der Waals surface area contributed by atoms with E-state index in [-0.39, 0.29) is 16.4 Å². The Morgan fingerprint density at radius 2 is 1.82 bits per heavy atom. The van der Waals surface area contributed by atoms with E-state index in [4.69, 9.17) is 28.6 Å². The summed E-state index contributed by atoms with van der Waals surface area (Å²) in [6, 6.07) is 12.8. The molecule has 2 aromatic carbocycles. The van der Waals surface area contributed by atoms with Gasteiger partial charge in [0.1, 0.15) is 17.1 Å². The lowest BCUT2D eigenvalue weighted by atomic mass is 10.1. The first-order valence-corrected chi connectivity index (χ1v) is 10.7. The molecule has 0 aliphatic carbocycles. The molecular weight excluding hydrogens is 465 g/mol. The number of ether oxygens (including phenoxy) is 1. The zero-order valence-corrected chi connectivity index (χ0v) is 19.6. The summed E-state index contributed by atoms with van der Waals surface area (Å²) < 4.78 is 21.8. The molecular formula is C24H19ClFN3O3S. The van der Waals surface area contributed by atoms with Gasteiger partial charge in [0.15, 0.2) is 5.11 Å². The zero-order chi connectivity index (χ0) is 23.9. The first-order valence-electron chi connectivity index (χ1n) is 9.91. The van der Waals surface area contributed by atoms with E-state index in [9.17, 15) is 14.0 Å². The van der Waals surface area contributed by atoms with Gasteiger partial charge in [-0.25, -0.2) is 9.29 Å². The first-order chi connectivity index (χ1) is 15.7. The van der Waals surface area contributed by atoms with Crippen molar-refractivity contribution >= 4 is 52.5 Å². The molecule has 6 nitrogen and oxygen atoms in total. The highest BCUT2D eigenvalue weighted by Crippen LogP contribution is 2.32. The summed E-state index contributed by atoms with van der Waals surface area (Å²) in [6.45, 7) is 3.74. The third-order valence-electron chi connectivity index (χ3n) is 5.35. The van der Waals surface area contributed by atoms with Crippen LogP contribution in [0.5, 0.6) is 5.75 Å². The molecule has 0 bridgehead atoms. The van der Waals surface area contributed by atoms with Crippen molar-refractivity contribution in [1.82, 2.24) is 9.88 Å². The highest BCUT2D eigenvalue weighted by molar-refractivity contribution is 7.80. The van der Waals surface area contributed by atoms with Crippen LogP contribution in [-0.4, -0.2) is 28.6 Å². The quantitative estimate of drug-likeness (QED) is 0.331. The van der Waals surface area contributed by atoms with Gasteiger partial charge in [-0.05, 0) is 74.1 Å². The normalized spacial score (nSPS) is 15.2. The van der Waals surface area contributed by atoms with Crippen LogP contribution in [0.1, 0.15) is 17.0 Å². The summed E-state index contributed by atoms with van der Waals surface area (Å²) >= 11 is 11.3. The van der Waals surface area contributed by atoms with Crippen molar-refractivity contribution in [3.05, 3.63) is 81.9 Å². The topological polar surface area (TPSA) is 63.6 Å². The second kappa shape index (κ2) is 8.80. The van der Waals surface area contributed by atoms with Gasteiger partial charge in [0.2, 0.25) is 0 Å². The van der Waals surface area contributed by atoms with Crippen molar-refractivity contribution in [3.8, 4) is 11.4 Å². The van der Waals surface area contributed by atoms with Crippen LogP contribution in [-0.2, 0) is 9.59 Å². The van der Waals surface area contributed by atoms with Crippen molar-refractivity contribution in [3.63, 3.8) is 0 Å². The number of hydrogen-bond donors (Lipinski definition) is 1. The van der Waals surface area contributed by atoms with Crippen molar-refractivity contribution in [2.75, 3.05) is 12.0 Å². The summed E-state index contributed by atoms with van der Waals surface area (Å²) in [5, 5.41) is 2.83. The molecule has 4 rings (SSSR count). The SMILES string of the molecule is COc1ccc(Cl)cc1-n1c(C)cc(/C=C2\C(=O)NC(=S)N(c3ccccc3F)C2=O)c1C. The number of carbonyl (C=O) groups is 2. The Hall–Kier alpha value is -3.49. The van der Waals surface area contributed by atoms with E-state index in [0.29, 0.717) is 16.3 Å². The molecule has 3 aromatic rings. The van der Waals surface area contributed by atoms with E-state index in [0.717, 1.165) is 22.0 Å². The Bertz CT molecular complexity index is 1350. The fourth-order valence-corrected chi connectivity index (χ4v) is 4.25. The van der Waals surface area contributed by atoms with Gasteiger partial charge in [0, 0.05) is 16.4 Å². The zero-order valence-electron chi connectivity index (χ0n) is 18.0. The van der Waals surface area contributed by atoms with Gasteiger partial charge in [0.25, 0.3) is 11.8 Å². The fraction of sp³-hybridized carbons (Fsp3) is 0.125. The van der Waals surface area contributed by atoms with Gasteiger partial charge in [-0.3, -0.25) is 14.9 Å². The number of thiocarbonyl (C=S) groups is 1. The molecule has 1 N–H and O–H groups in total. The van der Waals surface area contributed by atoms with Crippen molar-refractivity contribution in [2.24, 2.45) is 0 Å². The second-order valence-electron chi connectivity index (χ2n) is 7.39. The number of anilines is 1. The smallest absolute Gasteiger partial charge is 0.270 e. The molecule has 0 saturated carbocycles. The number of halogens is 2. The van der Waals surface area contributed by atoms with Crippen LogP contribution in [0.2, 0.25) is 5.02 Å². The molecule has 9 heteroatoms. The van der Waals surface area contributed by atoms with Crippen LogP contribution in [0.15, 0.2) is 54.1 Å². The maximum Gasteiger partial charge on any atom is 0.270 e. The lowest BCUT2D eigenvalue weighted by Crippen LogP contribution is -2.54. The standard InChI is InChI=1S/C24H19ClFN3O3S/c1-13-10-15(14(2)28(13)20-12-16(25)8-9-21(20)32-3)11-17-22(30)27-24(33)29(23(17)31)19-7-5-4-6-18(19)26/h4-12H,1-3H3,(H,27,30,33)/b17-11+. The van der Waals surface area contributed by atoms with E-state index in [2.05, 4.69) is 5.32 Å². The average molecular weight is 484 g/mol. The Morgan fingerprint density at radius 1 is 1.09 bits per heavy atom. The molecule has 2 heterocycles. The monoisotopic (exact) mass is 483 g/mol. The summed E-state index contributed by atoms with van der Waals surface area (Å²) in [5.41, 5.74) is 2.75. The Labute approximate surface area is 200 Å². The predicted octanol–water partition coefficient (Wildman–Crippen LogP) is 4.73. The summed E-state index contributed by atoms with van der Waals surface area (Å²) in [4.78, 5) is 26.9. The maximum atomic E-state index is 14.4. The molecule has 0 radical (unpaired) electrons. The molecule has 0 atom stereocenters. The minimum absolute atomic E-state index is 0.0347. The molecule has 1 fully saturated rings. The Kier molecular flexibility index (Phi) is 6.05. The van der Waals surface area contributed by atoms with E-state index in [1.807, 2.05) is 24.5 Å². The summed E-state index contributed by atoms with van der Waals surface area (Å²) in [5.74, 6) is -1.38. The number of hydrogen-bond acceptors (Lipinski definition) is 4. The number of amides is 2. The number of aryl methyl sites for hydroxylation is 1. The van der Waals surface area contributed by atoms with Crippen molar-refractivity contribution in [1.29, 1.82) is 0 Å². The number of aromatic nitrogens is 1. The van der Waals surface area contributed by atoms with Gasteiger partial charge in [-0.1, -0.05) is 23.7 Å². The molecule has 0 spiro atoms. The number of para-hydroxylation sites is 1. The summed E-state index contributed by atoms with van der Waals surface area (Å²) in [7, 11) is 1.56. The van der Waals surface area contributed by atoms with Gasteiger partial charge in [-0.15, -0.1) is 0 Å². The Balaban J connectivity index is 1.81. The van der Waals surface area contributed by atoms with Crippen LogP contribution in [0.3, 0.4) is 0 Å². The second-order valence-corrected chi connectivity index (χ2v) is 8.21. The van der Waals surface area contributed by atoms with Gasteiger partial charge < -0.3 is 9.30 Å². The largest absolute Gasteiger partial charge is 0.495 e. The molecule has 1 aliphatic rings. The molecule has 2 amide bonds. The minimum atomic E-state index is -0.709. The number of carbonyl (C=O) groups excluding carboxylic acids is 2. The van der Waals surface area contributed by atoms with E-state index < -0.39 is 17.6 Å². The van der Waals surface area contributed by atoms with Gasteiger partial charge in [-0.2, -0.15) is 0 Å². The van der Waals surface area contributed by atoms with E-state index in [1.54, 1.807) is 31.4 Å². The lowest BCUT2D eigenvalue weighted by molar-refractivity contribution is -0.122. The highest BCUT2D eigenvalue weighted by Gasteiger charge is 2.36. The predicted molar refractivity (Wildman–Crippen MR) is 129 cm³/mol. The molecule has 1 aliphatic heterocycles. The lowest BCUT2D eigenvalue weighted by Gasteiger charge is -2.29. The molecule has 1 saturated heterocycles. The van der Waals surface area contributed by atoms with E-state index in [1.165, 1.54) is 24.3 Å². The summed E-state index contributed by atoms with van der Waals surface area (Å²) in [6.07, 6.45) is 1.48. The number of nitrogens with one attached hydrogen (secondary N) is 1. The molecule has 0 unspecified atom stereocenters. The number of rotatable bonds is 4. The Morgan fingerprint density at radius 3 is 2.52 bits per heavy atom. The van der Waals surface area contributed by atoms with Crippen LogP contribution in [0, 0.1) is 19.7 Å². The average Bonchev–Trinajstić information content (AvgIpc) is 3.05. The van der Waals surface area contributed by atoms with Crippen LogP contribution in [0.25, 0.3) is 11.8 Å². The third-order valence-corrected chi connectivity index (χ3v) is 5.87. The van der Waals surface area contributed by atoms with Crippen LogP contribution < -0.4 is 15.0 Å². The molecule has 1 aromatic heterocycles. The van der Waals surface area contributed by atoms with Gasteiger partial charge in [0.05, 0.1) is 18.5 Å². The third kappa shape index (κ3) is 4.03. The fourth-order valence-electron chi connectivity index (χ4n) is 3.81. The minimum Gasteiger partial charge on any atom is -0.495 e. The number of nitrogens with zero attached hydrogens (tertiary/aromatic N) is 2. The first kappa shape index (κ1) is 22.7. The van der Waals surface area contributed by atoms with E-state index >= 15 is 0 Å². The van der Waals surface area contributed by atoms with Gasteiger partial charge >= 0.3 is 0 Å². The molecule has 168 valence electrons. The maximum absolute atomic E-state index is 14.4. The van der Waals surface area contributed by atoms with Crippen molar-refractivity contribution in [2.45, 2.75) is 13.8 Å². The molecule has 33 heavy (non-hydrogen) atoms. The highest BCUT2D eigenvalue weighted by atomic mass is 35.5. The van der Waals surface area contributed by atoms with Crippen LogP contribution >= 0.6 is 23.8 Å². The number of methoxy groups -OCH3 is 1. The number of benzene rings is 2. The van der Waals surface area contributed by atoms with Crippen LogP contribution in [0.4, 0.5) is 10.1 Å².